The van der Waals surface area contributed by atoms with Gasteiger partial charge in [-0.3, -0.25) is 0 Å². The van der Waals surface area contributed by atoms with Crippen molar-refractivity contribution in [1.29, 1.82) is 0 Å². The topological polar surface area (TPSA) is 101 Å². The number of aromatic hydroxyl groups is 1. The van der Waals surface area contributed by atoms with Crippen LogP contribution in [0.1, 0.15) is 5.56 Å². The number of hydrogen-bond acceptors (Lipinski definition) is 6. The molecule has 7 nitrogen and oxygen atoms in total. The minimum atomic E-state index is 0.0409. The molecule has 0 fully saturated rings. The van der Waals surface area contributed by atoms with Crippen LogP contribution in [-0.4, -0.2) is 26.2 Å². The highest BCUT2D eigenvalue weighted by Gasteiger charge is 2.05. The van der Waals surface area contributed by atoms with Gasteiger partial charge in [0.25, 0.3) is 5.95 Å². The number of nitrogen functional groups attached to an aromatic ring is 1. The van der Waals surface area contributed by atoms with Gasteiger partial charge in [0.15, 0.2) is 0 Å². The maximum atomic E-state index is 9.75. The van der Waals surface area contributed by atoms with Crippen LogP contribution in [0, 0.1) is 0 Å². The Labute approximate surface area is 115 Å². The summed E-state index contributed by atoms with van der Waals surface area (Å²) in [6, 6.07) is 3.15. The molecule has 1 heterocycles. The van der Waals surface area contributed by atoms with Crippen molar-refractivity contribution in [3.05, 3.63) is 33.5 Å². The highest BCUT2D eigenvalue weighted by atomic mass is 79.9. The number of nitrogens with zero attached hydrogens (tertiary/aromatic N) is 4. The summed E-state index contributed by atoms with van der Waals surface area (Å²) in [7, 11) is 0. The zero-order valence-electron chi connectivity index (χ0n) is 8.88. The number of nitrogens with one attached hydrogen (secondary N) is 1. The quantitative estimate of drug-likeness (QED) is 0.450. The number of hydrazone groups is 1. The first-order valence-corrected chi connectivity index (χ1v) is 5.87. The summed E-state index contributed by atoms with van der Waals surface area (Å²) in [6.07, 6.45) is 2.71. The lowest BCUT2D eigenvalue weighted by atomic mass is 10.2. The standard InChI is InChI=1S/C9H8BrClN6O/c10-7-2-6(11)1-5(8(7)18)3-13-15-9-16-14-4-17(9)12/h1-4,18H,12H2,(H,15,16)/b13-3+. The molecular weight excluding hydrogens is 323 g/mol. The van der Waals surface area contributed by atoms with Gasteiger partial charge in [0.2, 0.25) is 0 Å². The predicted molar refractivity (Wildman–Crippen MR) is 72.2 cm³/mol. The maximum absolute atomic E-state index is 9.75. The van der Waals surface area contributed by atoms with E-state index in [1.165, 1.54) is 17.2 Å². The Morgan fingerprint density at radius 2 is 2.33 bits per heavy atom. The number of rotatable bonds is 3. The summed E-state index contributed by atoms with van der Waals surface area (Å²) >= 11 is 9.03. The van der Waals surface area contributed by atoms with Crippen molar-refractivity contribution in [2.45, 2.75) is 0 Å². The molecule has 0 radical (unpaired) electrons. The van der Waals surface area contributed by atoms with Crippen LogP contribution >= 0.6 is 27.5 Å². The normalized spacial score (nSPS) is 11.0. The first-order chi connectivity index (χ1) is 8.58. The molecule has 0 aliphatic rings. The Bertz CT molecular complexity index is 599. The van der Waals surface area contributed by atoms with Gasteiger partial charge in [0, 0.05) is 10.6 Å². The van der Waals surface area contributed by atoms with Crippen molar-refractivity contribution < 1.29 is 5.11 Å². The highest BCUT2D eigenvalue weighted by molar-refractivity contribution is 9.10. The molecule has 94 valence electrons. The first kappa shape index (κ1) is 12.7. The summed E-state index contributed by atoms with van der Waals surface area (Å²) in [5, 5.41) is 21.3. The van der Waals surface area contributed by atoms with Gasteiger partial charge < -0.3 is 10.9 Å². The number of nitrogens with two attached hydrogens (primary N) is 1. The minimum absolute atomic E-state index is 0.0409. The molecule has 0 unspecified atom stereocenters. The van der Waals surface area contributed by atoms with Crippen molar-refractivity contribution in [1.82, 2.24) is 14.9 Å². The minimum Gasteiger partial charge on any atom is -0.506 e. The fourth-order valence-corrected chi connectivity index (χ4v) is 2.00. The van der Waals surface area contributed by atoms with Crippen molar-refractivity contribution in [2.75, 3.05) is 11.3 Å². The molecule has 1 aromatic heterocycles. The zero-order valence-corrected chi connectivity index (χ0v) is 11.2. The van der Waals surface area contributed by atoms with Crippen molar-refractivity contribution in [2.24, 2.45) is 5.10 Å². The molecule has 18 heavy (non-hydrogen) atoms. The van der Waals surface area contributed by atoms with Crippen molar-refractivity contribution in [3.8, 4) is 5.75 Å². The van der Waals surface area contributed by atoms with Crippen LogP contribution < -0.4 is 11.3 Å². The van der Waals surface area contributed by atoms with Crippen LogP contribution in [-0.2, 0) is 0 Å². The molecule has 0 aliphatic heterocycles. The summed E-state index contributed by atoms with van der Waals surface area (Å²) in [6.45, 7) is 0. The lowest BCUT2D eigenvalue weighted by Crippen LogP contribution is -2.10. The first-order valence-electron chi connectivity index (χ1n) is 4.70. The summed E-state index contributed by atoms with van der Waals surface area (Å²) in [5.74, 6) is 5.79. The van der Waals surface area contributed by atoms with Gasteiger partial charge in [-0.25, -0.2) is 10.1 Å². The predicted octanol–water partition coefficient (Wildman–Crippen LogP) is 1.56. The monoisotopic (exact) mass is 330 g/mol. The van der Waals surface area contributed by atoms with Crippen LogP contribution in [0.4, 0.5) is 5.95 Å². The van der Waals surface area contributed by atoms with Crippen LogP contribution in [0.3, 0.4) is 0 Å². The average molecular weight is 332 g/mol. The Balaban J connectivity index is 2.17. The van der Waals surface area contributed by atoms with Gasteiger partial charge in [-0.2, -0.15) is 5.10 Å². The molecule has 0 amide bonds. The number of benzene rings is 1. The molecule has 0 bridgehead atoms. The fourth-order valence-electron chi connectivity index (χ4n) is 1.17. The summed E-state index contributed by atoms with van der Waals surface area (Å²) < 4.78 is 1.66. The second-order valence-electron chi connectivity index (χ2n) is 3.26. The van der Waals surface area contributed by atoms with E-state index in [9.17, 15) is 5.11 Å². The third kappa shape index (κ3) is 2.71. The van der Waals surface area contributed by atoms with E-state index in [1.807, 2.05) is 0 Å². The van der Waals surface area contributed by atoms with E-state index in [0.29, 0.717) is 15.1 Å². The van der Waals surface area contributed by atoms with Crippen molar-refractivity contribution in [3.63, 3.8) is 0 Å². The van der Waals surface area contributed by atoms with E-state index in [4.69, 9.17) is 17.4 Å². The molecule has 2 rings (SSSR count). The molecule has 1 aromatic carbocycles. The number of hydrogen-bond donors (Lipinski definition) is 3. The molecule has 0 aliphatic carbocycles. The van der Waals surface area contributed by atoms with Crippen molar-refractivity contribution >= 4 is 39.7 Å². The molecule has 2 aromatic rings. The summed E-state index contributed by atoms with van der Waals surface area (Å²) in [5.41, 5.74) is 3.02. The lowest BCUT2D eigenvalue weighted by molar-refractivity contribution is 0.471. The molecule has 0 atom stereocenters. The SMILES string of the molecule is Nn1cnnc1N/N=C/c1cc(Cl)cc(Br)c1O. The Morgan fingerprint density at radius 1 is 1.56 bits per heavy atom. The third-order valence-corrected chi connectivity index (χ3v) is 2.82. The van der Waals surface area contributed by atoms with E-state index in [0.717, 1.165) is 0 Å². The van der Waals surface area contributed by atoms with Crippen LogP contribution in [0.15, 0.2) is 28.0 Å². The highest BCUT2D eigenvalue weighted by Crippen LogP contribution is 2.30. The zero-order chi connectivity index (χ0) is 13.1. The van der Waals surface area contributed by atoms with E-state index >= 15 is 0 Å². The van der Waals surface area contributed by atoms with Gasteiger partial charge in [0.1, 0.15) is 12.1 Å². The molecule has 0 saturated heterocycles. The van der Waals surface area contributed by atoms with Crippen LogP contribution in [0.5, 0.6) is 5.75 Å². The fraction of sp³-hybridized carbons (Fsp3) is 0. The Hall–Kier alpha value is -1.80. The van der Waals surface area contributed by atoms with E-state index in [-0.39, 0.29) is 11.7 Å². The maximum Gasteiger partial charge on any atom is 0.263 e. The molecule has 4 N–H and O–H groups in total. The van der Waals surface area contributed by atoms with Gasteiger partial charge >= 0.3 is 0 Å². The molecule has 0 spiro atoms. The second kappa shape index (κ2) is 5.23. The Morgan fingerprint density at radius 3 is 3.00 bits per heavy atom. The smallest absolute Gasteiger partial charge is 0.263 e. The molecular formula is C9H8BrClN6O. The largest absolute Gasteiger partial charge is 0.506 e. The number of phenolic OH excluding ortho intramolecular Hbond substituents is 1. The number of anilines is 1. The van der Waals surface area contributed by atoms with Crippen LogP contribution in [0.25, 0.3) is 0 Å². The number of aromatic nitrogens is 3. The van der Waals surface area contributed by atoms with Gasteiger partial charge in [-0.15, -0.1) is 10.2 Å². The van der Waals surface area contributed by atoms with Gasteiger partial charge in [-0.1, -0.05) is 11.6 Å². The second-order valence-corrected chi connectivity index (χ2v) is 4.55. The van der Waals surface area contributed by atoms with Gasteiger partial charge in [0.05, 0.1) is 10.7 Å². The van der Waals surface area contributed by atoms with E-state index in [2.05, 4.69) is 36.7 Å². The van der Waals surface area contributed by atoms with E-state index in [1.54, 1.807) is 12.1 Å². The lowest BCUT2D eigenvalue weighted by Gasteiger charge is -2.02. The van der Waals surface area contributed by atoms with Gasteiger partial charge in [-0.05, 0) is 28.1 Å². The molecule has 9 heteroatoms. The van der Waals surface area contributed by atoms with Crippen LogP contribution in [0.2, 0.25) is 5.02 Å². The third-order valence-electron chi connectivity index (χ3n) is 2.00. The Kier molecular flexibility index (Phi) is 3.68. The number of halogens is 2. The number of phenols is 1. The average Bonchev–Trinajstić information content (AvgIpc) is 2.71. The molecule has 0 saturated carbocycles. The van der Waals surface area contributed by atoms with E-state index < -0.39 is 0 Å². The summed E-state index contributed by atoms with van der Waals surface area (Å²) in [4.78, 5) is 0.